The molecule has 0 saturated carbocycles. The molecule has 0 spiro atoms. The lowest BCUT2D eigenvalue weighted by Gasteiger charge is -2.33. The summed E-state index contributed by atoms with van der Waals surface area (Å²) in [7, 11) is 1.96. The van der Waals surface area contributed by atoms with E-state index in [-0.39, 0.29) is 0 Å². The average Bonchev–Trinajstić information content (AvgIpc) is 3.21. The summed E-state index contributed by atoms with van der Waals surface area (Å²) >= 11 is 6.42. The molecule has 0 aliphatic carbocycles. The van der Waals surface area contributed by atoms with Crippen molar-refractivity contribution in [2.45, 2.75) is 31.9 Å². The van der Waals surface area contributed by atoms with Gasteiger partial charge in [-0.2, -0.15) is 0 Å². The number of halogens is 1. The molecule has 2 heterocycles. The first kappa shape index (κ1) is 21.2. The van der Waals surface area contributed by atoms with Crippen LogP contribution in [0.25, 0.3) is 0 Å². The van der Waals surface area contributed by atoms with Gasteiger partial charge in [-0.05, 0) is 67.8 Å². The van der Waals surface area contributed by atoms with Crippen molar-refractivity contribution < 1.29 is 4.74 Å². The van der Waals surface area contributed by atoms with Gasteiger partial charge in [0.1, 0.15) is 12.4 Å². The number of rotatable bonds is 6. The molecule has 0 radical (unpaired) electrons. The lowest BCUT2D eigenvalue weighted by atomic mass is 10.1. The van der Waals surface area contributed by atoms with E-state index in [2.05, 4.69) is 69.7 Å². The second-order valence-electron chi connectivity index (χ2n) is 8.67. The number of fused-ring (bicyclic) bond motifs is 2. The minimum Gasteiger partial charge on any atom is -0.487 e. The Bertz CT molecular complexity index is 1070. The topological polar surface area (TPSA) is 27.7 Å². The summed E-state index contributed by atoms with van der Waals surface area (Å²) in [6.45, 7) is 3.75. The van der Waals surface area contributed by atoms with Gasteiger partial charge < -0.3 is 15.0 Å². The molecule has 0 amide bonds. The molecule has 1 N–H and O–H groups in total. The summed E-state index contributed by atoms with van der Waals surface area (Å²) in [5.41, 5.74) is 6.02. The molecule has 1 unspecified atom stereocenters. The first-order valence-electron chi connectivity index (χ1n) is 11.5. The monoisotopic (exact) mass is 447 g/mol. The van der Waals surface area contributed by atoms with Gasteiger partial charge in [-0.3, -0.25) is 4.90 Å². The van der Waals surface area contributed by atoms with Crippen LogP contribution in [0, 0.1) is 0 Å². The van der Waals surface area contributed by atoms with E-state index in [1.807, 2.05) is 19.2 Å². The summed E-state index contributed by atoms with van der Waals surface area (Å²) in [6, 6.07) is 23.8. The van der Waals surface area contributed by atoms with Gasteiger partial charge in [-0.25, -0.2) is 0 Å². The van der Waals surface area contributed by atoms with Crippen LogP contribution in [0.3, 0.4) is 0 Å². The van der Waals surface area contributed by atoms with E-state index in [4.69, 9.17) is 16.3 Å². The lowest BCUT2D eigenvalue weighted by molar-refractivity contribution is 0.261. The molecular formula is C27H30ClN3O. The van der Waals surface area contributed by atoms with Crippen LogP contribution in [0.4, 0.5) is 17.1 Å². The summed E-state index contributed by atoms with van der Waals surface area (Å²) < 4.78 is 6.16. The summed E-state index contributed by atoms with van der Waals surface area (Å²) in [4.78, 5) is 5.08. The summed E-state index contributed by atoms with van der Waals surface area (Å²) in [5, 5.41) is 3.96. The van der Waals surface area contributed by atoms with E-state index in [0.29, 0.717) is 12.6 Å². The predicted molar refractivity (Wildman–Crippen MR) is 134 cm³/mol. The largest absolute Gasteiger partial charge is 0.487 e. The van der Waals surface area contributed by atoms with Crippen molar-refractivity contribution in [1.82, 2.24) is 4.90 Å². The van der Waals surface area contributed by atoms with Crippen molar-refractivity contribution in [3.63, 3.8) is 0 Å². The van der Waals surface area contributed by atoms with E-state index in [9.17, 15) is 0 Å². The van der Waals surface area contributed by atoms with Crippen LogP contribution in [-0.4, -0.2) is 37.6 Å². The Kier molecular flexibility index (Phi) is 6.24. The first-order valence-corrected chi connectivity index (χ1v) is 11.9. The van der Waals surface area contributed by atoms with Crippen molar-refractivity contribution >= 4 is 28.7 Å². The average molecular weight is 448 g/mol. The highest BCUT2D eigenvalue weighted by molar-refractivity contribution is 6.30. The minimum atomic E-state index is 0.504. The van der Waals surface area contributed by atoms with Gasteiger partial charge >= 0.3 is 0 Å². The quantitative estimate of drug-likeness (QED) is 0.492. The zero-order valence-corrected chi connectivity index (χ0v) is 19.3. The van der Waals surface area contributed by atoms with Gasteiger partial charge in [0, 0.05) is 48.1 Å². The van der Waals surface area contributed by atoms with E-state index >= 15 is 0 Å². The van der Waals surface area contributed by atoms with E-state index in [0.717, 1.165) is 53.9 Å². The maximum absolute atomic E-state index is 6.42. The van der Waals surface area contributed by atoms with Gasteiger partial charge in [-0.15, -0.1) is 0 Å². The standard InChI is InChI=1S/C27H30ClN3O/c1-29-23-12-8-20(9-13-23)14-16-30-15-4-5-24(30)18-31-25-6-2-3-7-27(25)32-19-21-10-11-22(28)17-26(21)31/h2-3,6-13,17,24,29H,4-5,14-16,18-19H2,1H3. The van der Waals surface area contributed by atoms with Gasteiger partial charge in [0.25, 0.3) is 0 Å². The molecule has 1 atom stereocenters. The number of nitrogens with zero attached hydrogens (tertiary/aromatic N) is 2. The molecule has 166 valence electrons. The van der Waals surface area contributed by atoms with Gasteiger partial charge in [0.05, 0.1) is 5.69 Å². The van der Waals surface area contributed by atoms with Crippen LogP contribution in [0.5, 0.6) is 5.75 Å². The first-order chi connectivity index (χ1) is 15.7. The highest BCUT2D eigenvalue weighted by Gasteiger charge is 2.30. The van der Waals surface area contributed by atoms with Crippen LogP contribution < -0.4 is 15.0 Å². The zero-order chi connectivity index (χ0) is 21.9. The Morgan fingerprint density at radius 1 is 1.03 bits per heavy atom. The Hall–Kier alpha value is -2.69. The molecule has 1 saturated heterocycles. The van der Waals surface area contributed by atoms with Crippen molar-refractivity contribution in [3.05, 3.63) is 82.9 Å². The number of hydrogen-bond donors (Lipinski definition) is 1. The Morgan fingerprint density at radius 2 is 1.88 bits per heavy atom. The van der Waals surface area contributed by atoms with Crippen LogP contribution >= 0.6 is 11.6 Å². The number of ether oxygens (including phenoxy) is 1. The number of benzene rings is 3. The lowest BCUT2D eigenvalue weighted by Crippen LogP contribution is -2.39. The SMILES string of the molecule is CNc1ccc(CCN2CCCC2CN2c3cc(Cl)ccc3COc3ccccc32)cc1. The van der Waals surface area contributed by atoms with Crippen LogP contribution in [0.15, 0.2) is 66.7 Å². The second-order valence-corrected chi connectivity index (χ2v) is 9.11. The van der Waals surface area contributed by atoms with Gasteiger partial charge in [0.15, 0.2) is 0 Å². The Balaban J connectivity index is 1.36. The molecule has 4 nitrogen and oxygen atoms in total. The van der Waals surface area contributed by atoms with Crippen molar-refractivity contribution in [2.24, 2.45) is 0 Å². The van der Waals surface area contributed by atoms with E-state index in [1.54, 1.807) is 0 Å². The molecule has 3 aromatic rings. The number of hydrogen-bond acceptors (Lipinski definition) is 4. The summed E-state index contributed by atoms with van der Waals surface area (Å²) in [5.74, 6) is 0.939. The molecule has 1 fully saturated rings. The molecule has 5 rings (SSSR count). The fourth-order valence-electron chi connectivity index (χ4n) is 4.91. The second kappa shape index (κ2) is 9.43. The Labute approximate surface area is 195 Å². The highest BCUT2D eigenvalue weighted by Crippen LogP contribution is 2.41. The third-order valence-corrected chi connectivity index (χ3v) is 6.94. The Morgan fingerprint density at radius 3 is 2.72 bits per heavy atom. The van der Waals surface area contributed by atoms with Gasteiger partial charge in [0.2, 0.25) is 0 Å². The molecule has 0 aromatic heterocycles. The smallest absolute Gasteiger partial charge is 0.143 e. The molecule has 3 aromatic carbocycles. The fraction of sp³-hybridized carbons (Fsp3) is 0.333. The maximum atomic E-state index is 6.42. The molecule has 5 heteroatoms. The third-order valence-electron chi connectivity index (χ3n) is 6.70. The highest BCUT2D eigenvalue weighted by atomic mass is 35.5. The normalized spacial score (nSPS) is 17.9. The number of nitrogens with one attached hydrogen (secondary N) is 1. The van der Waals surface area contributed by atoms with Crippen LogP contribution in [-0.2, 0) is 13.0 Å². The number of anilines is 3. The molecule has 0 bridgehead atoms. The number of likely N-dealkylation sites (tertiary alicyclic amines) is 1. The fourth-order valence-corrected chi connectivity index (χ4v) is 5.08. The zero-order valence-electron chi connectivity index (χ0n) is 18.6. The van der Waals surface area contributed by atoms with Crippen molar-refractivity contribution in [3.8, 4) is 5.75 Å². The van der Waals surface area contributed by atoms with Gasteiger partial charge in [-0.1, -0.05) is 41.9 Å². The van der Waals surface area contributed by atoms with Crippen LogP contribution in [0.2, 0.25) is 5.02 Å². The molecule has 2 aliphatic heterocycles. The molecule has 32 heavy (non-hydrogen) atoms. The van der Waals surface area contributed by atoms with E-state index in [1.165, 1.54) is 24.0 Å². The van der Waals surface area contributed by atoms with E-state index < -0.39 is 0 Å². The van der Waals surface area contributed by atoms with Crippen molar-refractivity contribution in [1.29, 1.82) is 0 Å². The molecular weight excluding hydrogens is 418 g/mol. The minimum absolute atomic E-state index is 0.504. The third kappa shape index (κ3) is 4.43. The molecule has 2 aliphatic rings. The predicted octanol–water partition coefficient (Wildman–Crippen LogP) is 6.12. The number of para-hydroxylation sites is 2. The van der Waals surface area contributed by atoms with Crippen molar-refractivity contribution in [2.75, 3.05) is 36.9 Å². The maximum Gasteiger partial charge on any atom is 0.143 e. The van der Waals surface area contributed by atoms with Crippen LogP contribution in [0.1, 0.15) is 24.0 Å². The summed E-state index contributed by atoms with van der Waals surface area (Å²) in [6.07, 6.45) is 3.54.